The van der Waals surface area contributed by atoms with Gasteiger partial charge >= 0.3 is 0 Å². The lowest BCUT2D eigenvalue weighted by Crippen LogP contribution is -2.42. The van der Waals surface area contributed by atoms with Gasteiger partial charge in [0.05, 0.1) is 6.54 Å². The monoisotopic (exact) mass is 288 g/mol. The number of amides is 1. The lowest BCUT2D eigenvalue weighted by atomic mass is 10.1. The number of rotatable bonds is 3. The maximum Gasteiger partial charge on any atom is 0.245 e. The summed E-state index contributed by atoms with van der Waals surface area (Å²) in [5.41, 5.74) is 0.636. The van der Waals surface area contributed by atoms with Gasteiger partial charge in [0.1, 0.15) is 11.9 Å². The van der Waals surface area contributed by atoms with Gasteiger partial charge < -0.3 is 4.90 Å². The summed E-state index contributed by atoms with van der Waals surface area (Å²) in [5.74, 6) is 1.02. The molecule has 5 nitrogen and oxygen atoms in total. The van der Waals surface area contributed by atoms with E-state index in [9.17, 15) is 9.18 Å². The Hall–Kier alpha value is -2.24. The second-order valence-corrected chi connectivity index (χ2v) is 5.26. The molecule has 2 aromatic rings. The van der Waals surface area contributed by atoms with Crippen molar-refractivity contribution in [3.8, 4) is 11.4 Å². The third-order valence-electron chi connectivity index (χ3n) is 3.73. The van der Waals surface area contributed by atoms with Crippen LogP contribution < -0.4 is 0 Å². The molecule has 0 saturated carbocycles. The van der Waals surface area contributed by atoms with Crippen molar-refractivity contribution in [1.29, 1.82) is 0 Å². The molecule has 6 heteroatoms. The summed E-state index contributed by atoms with van der Waals surface area (Å²) in [5, 5.41) is 8.33. The van der Waals surface area contributed by atoms with Crippen molar-refractivity contribution in [3.05, 3.63) is 35.9 Å². The number of carbonyl (C=O) groups excluding carboxylic acids is 1. The maximum atomic E-state index is 13.4. The van der Waals surface area contributed by atoms with Crippen LogP contribution in [0.1, 0.15) is 32.1 Å². The molecule has 110 valence electrons. The molecule has 1 aliphatic rings. The Morgan fingerprint density at radius 3 is 2.90 bits per heavy atom. The first-order chi connectivity index (χ1) is 10.1. The highest BCUT2D eigenvalue weighted by atomic mass is 19.1. The summed E-state index contributed by atoms with van der Waals surface area (Å²) >= 11 is 0. The Morgan fingerprint density at radius 2 is 2.19 bits per heavy atom. The van der Waals surface area contributed by atoms with Crippen molar-refractivity contribution < 1.29 is 9.18 Å². The average Bonchev–Trinajstić information content (AvgIpc) is 2.88. The number of aromatic nitrogens is 3. The minimum Gasteiger partial charge on any atom is -0.333 e. The highest BCUT2D eigenvalue weighted by Crippen LogP contribution is 2.28. The minimum absolute atomic E-state index is 0.0572. The molecule has 0 saturated heterocycles. The van der Waals surface area contributed by atoms with Crippen molar-refractivity contribution in [1.82, 2.24) is 19.7 Å². The maximum absolute atomic E-state index is 13.4. The first kappa shape index (κ1) is 13.7. The zero-order valence-corrected chi connectivity index (χ0v) is 12.1. The highest BCUT2D eigenvalue weighted by molar-refractivity contribution is 5.82. The molecule has 0 spiro atoms. The molecule has 1 amide bonds. The van der Waals surface area contributed by atoms with Crippen LogP contribution in [-0.4, -0.2) is 32.1 Å². The minimum atomic E-state index is -0.367. The van der Waals surface area contributed by atoms with E-state index in [0.29, 0.717) is 24.5 Å². The van der Waals surface area contributed by atoms with Crippen molar-refractivity contribution >= 4 is 5.91 Å². The Kier molecular flexibility index (Phi) is 3.45. The van der Waals surface area contributed by atoms with Crippen LogP contribution in [0.5, 0.6) is 0 Å². The van der Waals surface area contributed by atoms with Gasteiger partial charge in [-0.15, -0.1) is 10.2 Å². The quantitative estimate of drug-likeness (QED) is 0.871. The van der Waals surface area contributed by atoms with Crippen molar-refractivity contribution in [3.63, 3.8) is 0 Å². The van der Waals surface area contributed by atoms with Gasteiger partial charge in [-0.3, -0.25) is 9.36 Å². The molecule has 0 bridgehead atoms. The van der Waals surface area contributed by atoms with Gasteiger partial charge in [0.25, 0.3) is 0 Å². The number of hydrogen-bond acceptors (Lipinski definition) is 3. The summed E-state index contributed by atoms with van der Waals surface area (Å²) in [7, 11) is 0. The zero-order chi connectivity index (χ0) is 15.0. The largest absolute Gasteiger partial charge is 0.333 e. The van der Waals surface area contributed by atoms with Crippen LogP contribution in [0.25, 0.3) is 11.4 Å². The van der Waals surface area contributed by atoms with E-state index >= 15 is 0 Å². The molecular weight excluding hydrogens is 271 g/mol. The predicted molar refractivity (Wildman–Crippen MR) is 75.8 cm³/mol. The number of carbonyl (C=O) groups is 1. The lowest BCUT2D eigenvalue weighted by molar-refractivity contribution is -0.136. The molecule has 1 aromatic carbocycles. The first-order valence-corrected chi connectivity index (χ1v) is 7.10. The standard InChI is InChI=1S/C15H17FN4O/c1-3-7-19-9-13-17-18-14(20(13)10(2)15(19)21)11-5-4-6-12(16)8-11/h4-6,8,10H,3,7,9H2,1-2H3/t10-/m0/s1. The molecule has 0 unspecified atom stereocenters. The topological polar surface area (TPSA) is 51.0 Å². The smallest absolute Gasteiger partial charge is 0.245 e. The van der Waals surface area contributed by atoms with E-state index in [4.69, 9.17) is 0 Å². The summed E-state index contributed by atoms with van der Waals surface area (Å²) < 4.78 is 15.2. The van der Waals surface area contributed by atoms with Gasteiger partial charge in [-0.25, -0.2) is 4.39 Å². The van der Waals surface area contributed by atoms with E-state index in [2.05, 4.69) is 10.2 Å². The van der Waals surface area contributed by atoms with Crippen LogP contribution in [0.15, 0.2) is 24.3 Å². The molecular formula is C15H17FN4O. The van der Waals surface area contributed by atoms with Gasteiger partial charge in [-0.05, 0) is 25.5 Å². The number of fused-ring (bicyclic) bond motifs is 1. The van der Waals surface area contributed by atoms with Gasteiger partial charge in [0, 0.05) is 12.1 Å². The number of hydrogen-bond donors (Lipinski definition) is 0. The predicted octanol–water partition coefficient (Wildman–Crippen LogP) is 2.40. The van der Waals surface area contributed by atoms with Crippen LogP contribution in [0.2, 0.25) is 0 Å². The van der Waals surface area contributed by atoms with Crippen molar-refractivity contribution in [2.75, 3.05) is 6.54 Å². The van der Waals surface area contributed by atoms with E-state index in [1.807, 2.05) is 18.4 Å². The number of nitrogens with zero attached hydrogens (tertiary/aromatic N) is 4. The average molecular weight is 288 g/mol. The third kappa shape index (κ3) is 2.30. The van der Waals surface area contributed by atoms with Crippen LogP contribution in [-0.2, 0) is 11.3 Å². The Morgan fingerprint density at radius 1 is 1.38 bits per heavy atom. The number of halogens is 1. The van der Waals surface area contributed by atoms with E-state index in [0.717, 1.165) is 12.2 Å². The lowest BCUT2D eigenvalue weighted by Gasteiger charge is -2.31. The molecule has 1 aliphatic heterocycles. The highest BCUT2D eigenvalue weighted by Gasteiger charge is 2.32. The molecule has 0 radical (unpaired) electrons. The van der Waals surface area contributed by atoms with E-state index in [-0.39, 0.29) is 17.8 Å². The van der Waals surface area contributed by atoms with Crippen LogP contribution >= 0.6 is 0 Å². The van der Waals surface area contributed by atoms with Crippen LogP contribution in [0.4, 0.5) is 4.39 Å². The van der Waals surface area contributed by atoms with Crippen LogP contribution in [0.3, 0.4) is 0 Å². The van der Waals surface area contributed by atoms with Gasteiger partial charge in [0.2, 0.25) is 5.91 Å². The summed E-state index contributed by atoms with van der Waals surface area (Å²) in [6.45, 7) is 5.04. The Labute approximate surface area is 122 Å². The van der Waals surface area contributed by atoms with Crippen molar-refractivity contribution in [2.24, 2.45) is 0 Å². The first-order valence-electron chi connectivity index (χ1n) is 7.10. The summed E-state index contributed by atoms with van der Waals surface area (Å²) in [6, 6.07) is 5.83. The van der Waals surface area contributed by atoms with Gasteiger partial charge in [-0.2, -0.15) is 0 Å². The summed E-state index contributed by atoms with van der Waals surface area (Å²) in [6.07, 6.45) is 0.906. The second kappa shape index (κ2) is 5.27. The number of benzene rings is 1. The third-order valence-corrected chi connectivity index (χ3v) is 3.73. The zero-order valence-electron chi connectivity index (χ0n) is 12.1. The second-order valence-electron chi connectivity index (χ2n) is 5.26. The fourth-order valence-electron chi connectivity index (χ4n) is 2.75. The molecule has 21 heavy (non-hydrogen) atoms. The fourth-order valence-corrected chi connectivity index (χ4v) is 2.75. The fraction of sp³-hybridized carbons (Fsp3) is 0.400. The molecule has 2 heterocycles. The Balaban J connectivity index is 2.04. The van der Waals surface area contributed by atoms with E-state index in [1.165, 1.54) is 12.1 Å². The van der Waals surface area contributed by atoms with Gasteiger partial charge in [-0.1, -0.05) is 19.1 Å². The van der Waals surface area contributed by atoms with E-state index < -0.39 is 0 Å². The van der Waals surface area contributed by atoms with Crippen molar-refractivity contribution in [2.45, 2.75) is 32.9 Å². The SMILES string of the molecule is CCCN1Cc2nnc(-c3cccc(F)c3)n2[C@@H](C)C1=O. The molecule has 1 aromatic heterocycles. The molecule has 0 aliphatic carbocycles. The molecule has 0 fully saturated rings. The molecule has 1 atom stereocenters. The summed E-state index contributed by atoms with van der Waals surface area (Å²) in [4.78, 5) is 14.2. The van der Waals surface area contributed by atoms with Crippen LogP contribution in [0, 0.1) is 5.82 Å². The Bertz CT molecular complexity index is 682. The van der Waals surface area contributed by atoms with E-state index in [1.54, 1.807) is 17.0 Å². The molecule has 3 rings (SSSR count). The molecule has 0 N–H and O–H groups in total. The van der Waals surface area contributed by atoms with Gasteiger partial charge in [0.15, 0.2) is 11.6 Å². The normalized spacial score (nSPS) is 18.0.